The Bertz CT molecular complexity index is 760. The van der Waals surface area contributed by atoms with Crippen LogP contribution in [0.3, 0.4) is 0 Å². The molecule has 1 N–H and O–H groups in total. The Morgan fingerprint density at radius 2 is 1.96 bits per heavy atom. The number of likely N-dealkylation sites (tertiary alicyclic amines) is 1. The zero-order chi connectivity index (χ0) is 17.8. The number of pyridine rings is 1. The van der Waals surface area contributed by atoms with Crippen LogP contribution in [0.2, 0.25) is 10.0 Å². The highest BCUT2D eigenvalue weighted by molar-refractivity contribution is 6.33. The van der Waals surface area contributed by atoms with Crippen LogP contribution in [0, 0.1) is 0 Å². The Kier molecular flexibility index (Phi) is 5.82. The second-order valence-corrected chi connectivity index (χ2v) is 7.17. The molecule has 6 heteroatoms. The van der Waals surface area contributed by atoms with Gasteiger partial charge in [-0.1, -0.05) is 35.3 Å². The third kappa shape index (κ3) is 4.44. The molecule has 1 saturated heterocycles. The number of benzene rings is 1. The topological polar surface area (TPSA) is 45.2 Å². The fourth-order valence-electron chi connectivity index (χ4n) is 3.00. The summed E-state index contributed by atoms with van der Waals surface area (Å²) in [5.74, 6) is 0.563. The fraction of sp³-hybridized carbons (Fsp3) is 0.368. The molecule has 1 amide bonds. The maximum Gasteiger partial charge on any atom is 0.255 e. The van der Waals surface area contributed by atoms with E-state index in [-0.39, 0.29) is 11.9 Å². The molecular weight excluding hydrogens is 357 g/mol. The van der Waals surface area contributed by atoms with Gasteiger partial charge in [0.15, 0.2) is 0 Å². The first-order valence-corrected chi connectivity index (χ1v) is 9.27. The highest BCUT2D eigenvalue weighted by Gasteiger charge is 2.20. The number of anilines is 1. The molecule has 3 rings (SSSR count). The van der Waals surface area contributed by atoms with Gasteiger partial charge in [0.1, 0.15) is 5.82 Å². The third-order valence-electron chi connectivity index (χ3n) is 4.43. The molecule has 1 aromatic heterocycles. The molecule has 0 bridgehead atoms. The standard InChI is InChI=1S/C19H21Cl2N3O/c1-13(14-6-5-7-16(20)10-14)23-18-17(21)11-15(12-22-18)19(25)24-8-3-2-4-9-24/h5-7,10-13H,2-4,8-9H2,1H3,(H,22,23). The molecule has 1 aliphatic rings. The van der Waals surface area contributed by atoms with E-state index in [1.807, 2.05) is 36.1 Å². The molecule has 0 aliphatic carbocycles. The van der Waals surface area contributed by atoms with Crippen LogP contribution in [0.1, 0.15) is 48.1 Å². The number of halogens is 2. The lowest BCUT2D eigenvalue weighted by Crippen LogP contribution is -2.35. The lowest BCUT2D eigenvalue weighted by molar-refractivity contribution is 0.0724. The average Bonchev–Trinajstić information content (AvgIpc) is 2.63. The number of carbonyl (C=O) groups excluding carboxylic acids is 1. The van der Waals surface area contributed by atoms with Gasteiger partial charge in [-0.15, -0.1) is 0 Å². The van der Waals surface area contributed by atoms with E-state index in [1.165, 1.54) is 6.42 Å². The maximum atomic E-state index is 12.5. The van der Waals surface area contributed by atoms with Crippen molar-refractivity contribution in [2.75, 3.05) is 18.4 Å². The van der Waals surface area contributed by atoms with Gasteiger partial charge in [0.2, 0.25) is 0 Å². The van der Waals surface area contributed by atoms with E-state index < -0.39 is 0 Å². The van der Waals surface area contributed by atoms with Crippen molar-refractivity contribution in [3.05, 3.63) is 57.7 Å². The Labute approximate surface area is 158 Å². The number of piperidine rings is 1. The molecule has 1 atom stereocenters. The van der Waals surface area contributed by atoms with Crippen molar-refractivity contribution in [3.8, 4) is 0 Å². The molecule has 25 heavy (non-hydrogen) atoms. The zero-order valence-electron chi connectivity index (χ0n) is 14.1. The first kappa shape index (κ1) is 18.0. The molecule has 2 aromatic rings. The van der Waals surface area contributed by atoms with E-state index in [9.17, 15) is 4.79 Å². The first-order valence-electron chi connectivity index (χ1n) is 8.51. The molecule has 4 nitrogen and oxygen atoms in total. The number of nitrogens with zero attached hydrogens (tertiary/aromatic N) is 2. The van der Waals surface area contributed by atoms with Gasteiger partial charge in [-0.25, -0.2) is 4.98 Å². The summed E-state index contributed by atoms with van der Waals surface area (Å²) in [5, 5.41) is 4.40. The molecule has 1 aromatic carbocycles. The van der Waals surface area contributed by atoms with Crippen LogP contribution >= 0.6 is 23.2 Å². The van der Waals surface area contributed by atoms with Gasteiger partial charge in [-0.3, -0.25) is 4.79 Å². The van der Waals surface area contributed by atoms with Gasteiger partial charge >= 0.3 is 0 Å². The number of aromatic nitrogens is 1. The predicted octanol–water partition coefficient (Wildman–Crippen LogP) is 5.19. The van der Waals surface area contributed by atoms with Crippen LogP contribution in [-0.2, 0) is 0 Å². The van der Waals surface area contributed by atoms with Crippen LogP contribution in [0.15, 0.2) is 36.5 Å². The molecule has 1 unspecified atom stereocenters. The Balaban J connectivity index is 1.72. The number of amides is 1. The van der Waals surface area contributed by atoms with Gasteiger partial charge in [-0.05, 0) is 49.9 Å². The minimum atomic E-state index is -0.00709. The second-order valence-electron chi connectivity index (χ2n) is 6.33. The highest BCUT2D eigenvalue weighted by atomic mass is 35.5. The van der Waals surface area contributed by atoms with E-state index in [0.29, 0.717) is 21.4 Å². The summed E-state index contributed by atoms with van der Waals surface area (Å²) >= 11 is 12.4. The van der Waals surface area contributed by atoms with Crippen molar-refractivity contribution >= 4 is 34.9 Å². The van der Waals surface area contributed by atoms with Crippen molar-refractivity contribution in [3.63, 3.8) is 0 Å². The SMILES string of the molecule is CC(Nc1ncc(C(=O)N2CCCCC2)cc1Cl)c1cccc(Cl)c1. The van der Waals surface area contributed by atoms with Gasteiger partial charge < -0.3 is 10.2 Å². The normalized spacial score (nSPS) is 15.7. The third-order valence-corrected chi connectivity index (χ3v) is 4.96. The largest absolute Gasteiger partial charge is 0.362 e. The van der Waals surface area contributed by atoms with Crippen LogP contribution in [-0.4, -0.2) is 28.9 Å². The number of rotatable bonds is 4. The van der Waals surface area contributed by atoms with E-state index in [4.69, 9.17) is 23.2 Å². The van der Waals surface area contributed by atoms with Crippen molar-refractivity contribution < 1.29 is 4.79 Å². The maximum absolute atomic E-state index is 12.5. The average molecular weight is 378 g/mol. The number of hydrogen-bond acceptors (Lipinski definition) is 3. The summed E-state index contributed by atoms with van der Waals surface area (Å²) in [6.07, 6.45) is 4.90. The first-order chi connectivity index (χ1) is 12.0. The summed E-state index contributed by atoms with van der Waals surface area (Å²) < 4.78 is 0. The van der Waals surface area contributed by atoms with E-state index in [1.54, 1.807) is 12.3 Å². The zero-order valence-corrected chi connectivity index (χ0v) is 15.6. The van der Waals surface area contributed by atoms with Crippen LogP contribution < -0.4 is 5.32 Å². The Hall–Kier alpha value is -1.78. The number of hydrogen-bond donors (Lipinski definition) is 1. The molecule has 0 spiro atoms. The lowest BCUT2D eigenvalue weighted by Gasteiger charge is -2.26. The van der Waals surface area contributed by atoms with Gasteiger partial charge in [0.25, 0.3) is 5.91 Å². The quantitative estimate of drug-likeness (QED) is 0.797. The predicted molar refractivity (Wildman–Crippen MR) is 102 cm³/mol. The van der Waals surface area contributed by atoms with E-state index >= 15 is 0 Å². The van der Waals surface area contributed by atoms with Crippen molar-refractivity contribution in [1.82, 2.24) is 9.88 Å². The summed E-state index contributed by atoms with van der Waals surface area (Å²) in [6.45, 7) is 3.63. The van der Waals surface area contributed by atoms with Crippen LogP contribution in [0.5, 0.6) is 0 Å². The number of nitrogens with one attached hydrogen (secondary N) is 1. The van der Waals surface area contributed by atoms with E-state index in [0.717, 1.165) is 31.5 Å². The minimum absolute atomic E-state index is 0.00328. The molecule has 0 saturated carbocycles. The van der Waals surface area contributed by atoms with Crippen molar-refractivity contribution in [2.24, 2.45) is 0 Å². The van der Waals surface area contributed by atoms with Gasteiger partial charge in [0, 0.05) is 24.3 Å². The van der Waals surface area contributed by atoms with Gasteiger partial charge in [-0.2, -0.15) is 0 Å². The molecular formula is C19H21Cl2N3O. The number of carbonyl (C=O) groups is 1. The smallest absolute Gasteiger partial charge is 0.255 e. The fourth-order valence-corrected chi connectivity index (χ4v) is 3.42. The van der Waals surface area contributed by atoms with Crippen molar-refractivity contribution in [2.45, 2.75) is 32.2 Å². The van der Waals surface area contributed by atoms with Crippen LogP contribution in [0.25, 0.3) is 0 Å². The summed E-state index contributed by atoms with van der Waals surface area (Å²) in [7, 11) is 0. The van der Waals surface area contributed by atoms with E-state index in [2.05, 4.69) is 10.3 Å². The van der Waals surface area contributed by atoms with Crippen molar-refractivity contribution in [1.29, 1.82) is 0 Å². The molecule has 1 aliphatic heterocycles. The molecule has 132 valence electrons. The summed E-state index contributed by atoms with van der Waals surface area (Å²) in [4.78, 5) is 18.8. The summed E-state index contributed by atoms with van der Waals surface area (Å²) in [5.41, 5.74) is 1.58. The highest BCUT2D eigenvalue weighted by Crippen LogP contribution is 2.26. The van der Waals surface area contributed by atoms with Crippen LogP contribution in [0.4, 0.5) is 5.82 Å². The second kappa shape index (κ2) is 8.07. The molecule has 2 heterocycles. The van der Waals surface area contributed by atoms with Gasteiger partial charge in [0.05, 0.1) is 16.6 Å². The Morgan fingerprint density at radius 3 is 2.64 bits per heavy atom. The molecule has 0 radical (unpaired) electrons. The summed E-state index contributed by atoms with van der Waals surface area (Å²) in [6, 6.07) is 9.33. The molecule has 1 fully saturated rings. The monoisotopic (exact) mass is 377 g/mol. The lowest BCUT2D eigenvalue weighted by atomic mass is 10.1. The minimum Gasteiger partial charge on any atom is -0.362 e. The Morgan fingerprint density at radius 1 is 1.20 bits per heavy atom.